The zero-order valence-corrected chi connectivity index (χ0v) is 46.9. The number of carbonyl (C=O) groups excluding carboxylic acids is 1. The molecule has 9 nitrogen and oxygen atoms in total. The normalized spacial score (nSPS) is 56.5. The Balaban J connectivity index is 0.000000162. The van der Waals surface area contributed by atoms with Crippen LogP contribution in [-0.2, 0) is 14.3 Å². The van der Waals surface area contributed by atoms with Crippen LogP contribution in [0.25, 0.3) is 0 Å². The number of nitrogens with zero attached hydrogens (tertiary/aromatic N) is 1. The molecular formula is C62H104N2O7. The zero-order chi connectivity index (χ0) is 50.9. The van der Waals surface area contributed by atoms with E-state index in [4.69, 9.17) is 9.47 Å². The van der Waals surface area contributed by atoms with Crippen molar-refractivity contribution in [3.05, 3.63) is 0 Å². The summed E-state index contributed by atoms with van der Waals surface area (Å²) >= 11 is 0. The van der Waals surface area contributed by atoms with E-state index in [1.54, 1.807) is 0 Å². The van der Waals surface area contributed by atoms with Gasteiger partial charge in [0.1, 0.15) is 0 Å². The van der Waals surface area contributed by atoms with Crippen LogP contribution < -0.4 is 5.32 Å². The standard InChI is InChI=1S/C31H51NO3.C30H49NO4.CH4/c1-25(2,3)22-11-13-29(8,35-22)24-19(33)17-28(7)21-10-9-20-26(4,5)32-23(34)12-14-30(20)18-31(21,30)16-15-27(24,28)6;1-24(2)19-8-9-20-27(6)16-18(32)23(28(7)12-11-22(35-28)25(3,4)33)26(27,5)14-15-30(20)17-29(19,30)13-10-21(24)31-34;/h19-22,24,33H,9-18H2,1-8H3,(H,32,34);18-20,22-23,32-34H,8-17H2,1-7H3;1H4/b;31-21+;/t19-,20?,21?,22+,24?,27+,28-,29-,30+,31-;18-,19?,20?,22+,23?,26+,27-,28-,29+,30-;/m00./s1. The van der Waals surface area contributed by atoms with Crippen molar-refractivity contribution < 1.29 is 34.8 Å². The van der Waals surface area contributed by atoms with E-state index in [0.717, 1.165) is 63.5 Å². The second-order valence-electron chi connectivity index (χ2n) is 32.0. The maximum absolute atomic E-state index is 12.7. The predicted octanol–water partition coefficient (Wildman–Crippen LogP) is 12.8. The van der Waals surface area contributed by atoms with Crippen LogP contribution in [0.15, 0.2) is 5.16 Å². The van der Waals surface area contributed by atoms with E-state index < -0.39 is 11.2 Å². The molecule has 5 N–H and O–H groups in total. The Morgan fingerprint density at radius 2 is 0.972 bits per heavy atom. The maximum atomic E-state index is 12.7. The van der Waals surface area contributed by atoms with E-state index in [1.165, 1.54) is 64.2 Å². The number of carbonyl (C=O) groups is 1. The Morgan fingerprint density at radius 3 is 1.42 bits per heavy atom. The van der Waals surface area contributed by atoms with Gasteiger partial charge in [-0.1, -0.05) is 74.9 Å². The first kappa shape index (κ1) is 53.2. The Bertz CT molecular complexity index is 2190. The van der Waals surface area contributed by atoms with Gasteiger partial charge < -0.3 is 35.3 Å². The lowest BCUT2D eigenvalue weighted by Crippen LogP contribution is -2.59. The van der Waals surface area contributed by atoms with Crippen LogP contribution in [0, 0.1) is 89.7 Å². The second-order valence-corrected chi connectivity index (χ2v) is 32.0. The SMILES string of the molecule is C.CC1(C)/C(=N/O)CC[C@]23C[C@]24CC[C@]2(C)C([C@]5(C)CC[C@H](C(C)(C)O)O5)[C@@H](O)C[C@@]2(C)C4CCC13.CC1(C)NC(=O)CC[C@]23C[C@]24CC[C@]2(C)C([C@]5(C)CC[C@H](C(C)(C)C)O5)[C@@H](O)C[C@@]2(C)C4CCC13. The lowest BCUT2D eigenvalue weighted by atomic mass is 9.41. The molecule has 3 heterocycles. The molecule has 9 saturated carbocycles. The first-order valence-electron chi connectivity index (χ1n) is 29.1. The number of aliphatic hydroxyl groups excluding tert-OH is 2. The fourth-order valence-electron chi connectivity index (χ4n) is 24.1. The van der Waals surface area contributed by atoms with Crippen molar-refractivity contribution in [3.8, 4) is 0 Å². The van der Waals surface area contributed by atoms with Gasteiger partial charge in [-0.2, -0.15) is 0 Å². The van der Waals surface area contributed by atoms with Gasteiger partial charge in [0.05, 0.1) is 46.9 Å². The van der Waals surface area contributed by atoms with Crippen LogP contribution in [0.4, 0.5) is 0 Å². The summed E-state index contributed by atoms with van der Waals surface area (Å²) in [4.78, 5) is 12.7. The van der Waals surface area contributed by atoms with Gasteiger partial charge in [-0.3, -0.25) is 4.79 Å². The molecule has 0 aromatic carbocycles. The highest BCUT2D eigenvalue weighted by Crippen LogP contribution is 2.90. The van der Waals surface area contributed by atoms with E-state index in [0.29, 0.717) is 51.8 Å². The summed E-state index contributed by atoms with van der Waals surface area (Å²) < 4.78 is 13.6. The number of amides is 1. The number of nitrogens with one attached hydrogen (secondary N) is 1. The van der Waals surface area contributed by atoms with Gasteiger partial charge in [0, 0.05) is 29.2 Å². The summed E-state index contributed by atoms with van der Waals surface area (Å²) in [7, 11) is 0. The molecule has 12 aliphatic rings. The van der Waals surface area contributed by atoms with Crippen molar-refractivity contribution in [2.24, 2.45) is 94.8 Å². The van der Waals surface area contributed by atoms with Crippen LogP contribution in [0.5, 0.6) is 0 Å². The molecule has 9 aliphatic carbocycles. The summed E-state index contributed by atoms with van der Waals surface area (Å²) in [5, 5.41) is 51.1. The molecule has 12 rings (SSSR count). The number of fused-ring (bicyclic) bond motifs is 4. The lowest BCUT2D eigenvalue weighted by molar-refractivity contribution is -0.190. The molecule has 71 heavy (non-hydrogen) atoms. The highest BCUT2D eigenvalue weighted by atomic mass is 16.5. The average Bonchev–Trinajstić information content (AvgIpc) is 3.86. The molecule has 3 saturated heterocycles. The van der Waals surface area contributed by atoms with E-state index in [9.17, 15) is 25.3 Å². The molecule has 0 aromatic rings. The van der Waals surface area contributed by atoms with E-state index in [2.05, 4.69) is 100 Å². The molecule has 1 amide bonds. The van der Waals surface area contributed by atoms with Gasteiger partial charge in [-0.15, -0.1) is 0 Å². The third kappa shape index (κ3) is 6.58. The van der Waals surface area contributed by atoms with Gasteiger partial charge in [0.25, 0.3) is 0 Å². The number of aliphatic hydroxyl groups is 3. The summed E-state index contributed by atoms with van der Waals surface area (Å²) in [6.45, 7) is 34.4. The highest BCUT2D eigenvalue weighted by Gasteiger charge is 2.85. The van der Waals surface area contributed by atoms with E-state index >= 15 is 0 Å². The molecule has 6 unspecified atom stereocenters. The molecule has 0 radical (unpaired) electrons. The molecule has 4 spiro atoms. The van der Waals surface area contributed by atoms with Crippen LogP contribution >= 0.6 is 0 Å². The number of hydrogen-bond acceptors (Lipinski definition) is 8. The monoisotopic (exact) mass is 989 g/mol. The number of ether oxygens (including phenoxy) is 2. The number of hydrogen-bond donors (Lipinski definition) is 5. The molecule has 404 valence electrons. The first-order valence-corrected chi connectivity index (χ1v) is 29.1. The van der Waals surface area contributed by atoms with Crippen molar-refractivity contribution in [2.45, 2.75) is 286 Å². The topological polar surface area (TPSA) is 141 Å². The smallest absolute Gasteiger partial charge is 0.220 e. The maximum Gasteiger partial charge on any atom is 0.220 e. The average molecular weight is 990 g/mol. The predicted molar refractivity (Wildman–Crippen MR) is 282 cm³/mol. The molecule has 12 fully saturated rings. The Morgan fingerprint density at radius 1 is 0.549 bits per heavy atom. The molecule has 0 bridgehead atoms. The zero-order valence-electron chi connectivity index (χ0n) is 46.9. The van der Waals surface area contributed by atoms with Crippen molar-refractivity contribution in [3.63, 3.8) is 0 Å². The lowest BCUT2D eigenvalue weighted by Gasteiger charge is -2.63. The minimum absolute atomic E-state index is 0. The minimum Gasteiger partial charge on any atom is -0.411 e. The van der Waals surface area contributed by atoms with E-state index in [-0.39, 0.29) is 93.2 Å². The number of rotatable bonds is 3. The van der Waals surface area contributed by atoms with Crippen LogP contribution in [0.3, 0.4) is 0 Å². The molecule has 3 aliphatic heterocycles. The van der Waals surface area contributed by atoms with Gasteiger partial charge in [0.2, 0.25) is 5.91 Å². The fraction of sp³-hybridized carbons (Fsp3) is 0.968. The fourth-order valence-corrected chi connectivity index (χ4v) is 24.1. The highest BCUT2D eigenvalue weighted by molar-refractivity contribution is 5.90. The Kier molecular flexibility index (Phi) is 11.6. The van der Waals surface area contributed by atoms with Crippen molar-refractivity contribution in [1.29, 1.82) is 0 Å². The molecule has 9 heteroatoms. The summed E-state index contributed by atoms with van der Waals surface area (Å²) in [5.41, 5.74) is 1.32. The quantitative estimate of drug-likeness (QED) is 0.140. The van der Waals surface area contributed by atoms with Gasteiger partial charge >= 0.3 is 0 Å². The van der Waals surface area contributed by atoms with Crippen molar-refractivity contribution in [1.82, 2.24) is 5.32 Å². The molecule has 20 atom stereocenters. The second kappa shape index (κ2) is 15.5. The summed E-state index contributed by atoms with van der Waals surface area (Å²) in [6.07, 6.45) is 21.5. The van der Waals surface area contributed by atoms with Crippen molar-refractivity contribution >= 4 is 11.6 Å². The Hall–Kier alpha value is -1.26. The van der Waals surface area contributed by atoms with Gasteiger partial charge in [-0.05, 0) is 236 Å². The Labute approximate surface area is 431 Å². The third-order valence-electron chi connectivity index (χ3n) is 27.3. The van der Waals surface area contributed by atoms with Gasteiger partial charge in [-0.25, -0.2) is 0 Å². The number of oxime groups is 1. The van der Waals surface area contributed by atoms with Crippen molar-refractivity contribution in [2.75, 3.05) is 0 Å². The molecule has 0 aromatic heterocycles. The molecular weight excluding hydrogens is 885 g/mol. The third-order valence-corrected chi connectivity index (χ3v) is 27.3. The van der Waals surface area contributed by atoms with Crippen LogP contribution in [0.2, 0.25) is 0 Å². The largest absolute Gasteiger partial charge is 0.411 e. The first-order chi connectivity index (χ1) is 32.2. The van der Waals surface area contributed by atoms with Gasteiger partial charge in [0.15, 0.2) is 0 Å². The van der Waals surface area contributed by atoms with Crippen LogP contribution in [0.1, 0.15) is 240 Å². The summed E-state index contributed by atoms with van der Waals surface area (Å²) in [6, 6.07) is 0. The summed E-state index contributed by atoms with van der Waals surface area (Å²) in [5.74, 6) is 3.03. The minimum atomic E-state index is -0.856. The van der Waals surface area contributed by atoms with E-state index in [1.807, 2.05) is 13.8 Å². The van der Waals surface area contributed by atoms with Crippen LogP contribution in [-0.4, -0.2) is 78.9 Å².